The zero-order valence-corrected chi connectivity index (χ0v) is 24.8. The first-order valence-electron chi connectivity index (χ1n) is 15.4. The molecule has 1 spiro atoms. The van der Waals surface area contributed by atoms with E-state index < -0.39 is 11.9 Å². The maximum absolute atomic E-state index is 13.2. The molecule has 2 aromatic carbocycles. The molecular formula is C35H35N3O6. The second-order valence-corrected chi connectivity index (χ2v) is 13.1. The monoisotopic (exact) mass is 593 g/mol. The standard InChI is InChI=1S/C21H22N2O2.C14H13NO4/c24-18-10-16-19-13-9-17-21(6-7-22(17)11-12(13)5-8-25-16)14-3-1-2-4-15(14)23(18)20(19)21;1-8-7-12(14(18)19)9(2)15(8)11-5-3-10(4-6-11)13(16)17/h1-5,13,16-17,19-20H,6-11H2;3-7H,1-2H3,(H,16,17)(H,18,19). The number of amides is 1. The number of carbonyl (C=O) groups excluding carboxylic acids is 1. The van der Waals surface area contributed by atoms with Gasteiger partial charge in [0.2, 0.25) is 5.91 Å². The van der Waals surface area contributed by atoms with Gasteiger partial charge in [-0.1, -0.05) is 29.8 Å². The molecule has 3 aromatic rings. The summed E-state index contributed by atoms with van der Waals surface area (Å²) in [5.74, 6) is -0.608. The Morgan fingerprint density at radius 1 is 1.02 bits per heavy atom. The molecule has 6 unspecified atom stereocenters. The van der Waals surface area contributed by atoms with Crippen LogP contribution in [0, 0.1) is 25.7 Å². The van der Waals surface area contributed by atoms with Gasteiger partial charge in [-0.2, -0.15) is 0 Å². The van der Waals surface area contributed by atoms with E-state index in [-0.39, 0.29) is 28.6 Å². The number of fused-ring (bicyclic) bond motifs is 2. The number of para-hydroxylation sites is 1. The minimum absolute atomic E-state index is 0.104. The number of anilines is 1. The highest BCUT2D eigenvalue weighted by Gasteiger charge is 2.70. The van der Waals surface area contributed by atoms with Crippen LogP contribution in [0.4, 0.5) is 5.69 Å². The van der Waals surface area contributed by atoms with E-state index in [1.165, 1.54) is 42.8 Å². The van der Waals surface area contributed by atoms with Crippen molar-refractivity contribution in [1.29, 1.82) is 0 Å². The third-order valence-corrected chi connectivity index (χ3v) is 11.3. The molecular weight excluding hydrogens is 558 g/mol. The summed E-state index contributed by atoms with van der Waals surface area (Å²) in [5.41, 5.74) is 6.95. The fourth-order valence-corrected chi connectivity index (χ4v) is 9.64. The van der Waals surface area contributed by atoms with Crippen molar-refractivity contribution in [2.75, 3.05) is 24.6 Å². The average molecular weight is 594 g/mol. The van der Waals surface area contributed by atoms with Crippen molar-refractivity contribution in [2.45, 2.75) is 56.7 Å². The Balaban J connectivity index is 0.000000138. The fraction of sp³-hybridized carbons (Fsp3) is 0.400. The van der Waals surface area contributed by atoms with Crippen molar-refractivity contribution in [2.24, 2.45) is 11.8 Å². The summed E-state index contributed by atoms with van der Waals surface area (Å²) in [7, 11) is 0. The van der Waals surface area contributed by atoms with Gasteiger partial charge in [0, 0.05) is 46.7 Å². The number of rotatable bonds is 3. The zero-order valence-electron chi connectivity index (χ0n) is 24.8. The van der Waals surface area contributed by atoms with Crippen LogP contribution in [0.5, 0.6) is 0 Å². The molecule has 1 aromatic heterocycles. The molecule has 3 saturated heterocycles. The van der Waals surface area contributed by atoms with Gasteiger partial charge >= 0.3 is 11.9 Å². The predicted molar refractivity (Wildman–Crippen MR) is 163 cm³/mol. The van der Waals surface area contributed by atoms with Gasteiger partial charge in [0.1, 0.15) is 0 Å². The Labute approximate surface area is 255 Å². The van der Waals surface area contributed by atoms with Crippen LogP contribution >= 0.6 is 0 Å². The molecule has 1 saturated carbocycles. The summed E-state index contributed by atoms with van der Waals surface area (Å²) in [5, 5.41) is 17.9. The van der Waals surface area contributed by atoms with E-state index in [0.29, 0.717) is 42.6 Å². The molecule has 6 atom stereocenters. The Kier molecular flexibility index (Phi) is 5.99. The minimum atomic E-state index is -0.987. The van der Waals surface area contributed by atoms with E-state index in [1.54, 1.807) is 35.3 Å². The SMILES string of the molecule is Cc1cc(C(=O)O)c(C)n1-c1ccc(C(=O)O)cc1.O=C1CC2OCC=C3CN4CCC56c7ccccc7N1C5C2C3CC46. The topological polar surface area (TPSA) is 112 Å². The van der Waals surface area contributed by atoms with Gasteiger partial charge in [0.15, 0.2) is 0 Å². The number of hydrogen-bond donors (Lipinski definition) is 2. The first kappa shape index (κ1) is 27.3. The molecule has 2 N–H and O–H groups in total. The molecule has 1 amide bonds. The second-order valence-electron chi connectivity index (χ2n) is 13.1. The summed E-state index contributed by atoms with van der Waals surface area (Å²) < 4.78 is 8.04. The number of nitrogens with zero attached hydrogens (tertiary/aromatic N) is 3. The summed E-state index contributed by atoms with van der Waals surface area (Å²) in [6, 6.07) is 17.6. The summed E-state index contributed by atoms with van der Waals surface area (Å²) >= 11 is 0. The Morgan fingerprint density at radius 2 is 1.80 bits per heavy atom. The number of carboxylic acids is 2. The van der Waals surface area contributed by atoms with Gasteiger partial charge in [0.25, 0.3) is 0 Å². The van der Waals surface area contributed by atoms with Crippen LogP contribution in [0.15, 0.2) is 66.2 Å². The molecule has 6 aliphatic rings. The summed E-state index contributed by atoms with van der Waals surface area (Å²) in [6.45, 7) is 6.50. The van der Waals surface area contributed by atoms with E-state index in [4.69, 9.17) is 14.9 Å². The summed E-state index contributed by atoms with van der Waals surface area (Å²) in [6.07, 6.45) is 5.43. The van der Waals surface area contributed by atoms with Crippen molar-refractivity contribution in [3.8, 4) is 5.69 Å². The number of carbonyl (C=O) groups is 3. The molecule has 9 nitrogen and oxygen atoms in total. The van der Waals surface area contributed by atoms with E-state index in [2.05, 4.69) is 40.1 Å². The lowest BCUT2D eigenvalue weighted by molar-refractivity contribution is -0.132. The van der Waals surface area contributed by atoms with Gasteiger partial charge < -0.3 is 24.4 Å². The number of carboxylic acid groups (broad SMARTS) is 2. The Hall–Kier alpha value is -4.21. The predicted octanol–water partition coefficient (Wildman–Crippen LogP) is 4.58. The highest BCUT2D eigenvalue weighted by atomic mass is 16.5. The molecule has 9 rings (SSSR count). The third-order valence-electron chi connectivity index (χ3n) is 11.3. The van der Waals surface area contributed by atoms with Crippen molar-refractivity contribution < 1.29 is 29.3 Å². The van der Waals surface area contributed by atoms with Crippen molar-refractivity contribution in [3.05, 3.63) is 94.3 Å². The number of ether oxygens (including phenoxy) is 1. The molecule has 1 aliphatic carbocycles. The molecule has 0 radical (unpaired) electrons. The van der Waals surface area contributed by atoms with Crippen molar-refractivity contribution in [3.63, 3.8) is 0 Å². The maximum Gasteiger partial charge on any atom is 0.337 e. The minimum Gasteiger partial charge on any atom is -0.478 e. The van der Waals surface area contributed by atoms with Crippen LogP contribution < -0.4 is 4.90 Å². The number of aromatic nitrogens is 1. The highest BCUT2D eigenvalue weighted by Crippen LogP contribution is 2.65. The lowest BCUT2D eigenvalue weighted by Crippen LogP contribution is -2.69. The van der Waals surface area contributed by atoms with Crippen LogP contribution in [0.1, 0.15) is 56.9 Å². The molecule has 4 fully saturated rings. The van der Waals surface area contributed by atoms with E-state index in [1.807, 2.05) is 6.92 Å². The van der Waals surface area contributed by atoms with Crippen LogP contribution in [0.3, 0.4) is 0 Å². The molecule has 9 heteroatoms. The normalized spacial score (nSPS) is 30.6. The lowest BCUT2D eigenvalue weighted by atomic mass is 9.53. The van der Waals surface area contributed by atoms with Crippen molar-refractivity contribution >= 4 is 23.5 Å². The van der Waals surface area contributed by atoms with Gasteiger partial charge in [0.05, 0.1) is 36.3 Å². The first-order valence-corrected chi connectivity index (χ1v) is 15.4. The number of benzene rings is 2. The molecule has 6 heterocycles. The average Bonchev–Trinajstić information content (AvgIpc) is 3.60. The quantitative estimate of drug-likeness (QED) is 0.428. The number of aryl methyl sites for hydroxylation is 1. The van der Waals surface area contributed by atoms with Crippen LogP contribution in [-0.4, -0.2) is 75.4 Å². The third kappa shape index (κ3) is 3.62. The maximum atomic E-state index is 13.2. The highest BCUT2D eigenvalue weighted by molar-refractivity contribution is 5.99. The Morgan fingerprint density at radius 3 is 2.52 bits per heavy atom. The van der Waals surface area contributed by atoms with Crippen LogP contribution in [0.25, 0.3) is 5.69 Å². The molecule has 44 heavy (non-hydrogen) atoms. The number of aromatic carboxylic acids is 2. The van der Waals surface area contributed by atoms with E-state index >= 15 is 0 Å². The largest absolute Gasteiger partial charge is 0.478 e. The first-order chi connectivity index (χ1) is 21.2. The van der Waals surface area contributed by atoms with Gasteiger partial charge in [-0.05, 0) is 81.1 Å². The zero-order chi connectivity index (χ0) is 30.5. The number of hydrogen-bond acceptors (Lipinski definition) is 5. The Bertz CT molecular complexity index is 1760. The van der Waals surface area contributed by atoms with Crippen molar-refractivity contribution in [1.82, 2.24) is 9.47 Å². The lowest BCUT2D eigenvalue weighted by Gasteiger charge is -2.58. The van der Waals surface area contributed by atoms with Gasteiger partial charge in [-0.15, -0.1) is 0 Å². The second kappa shape index (κ2) is 9.64. The van der Waals surface area contributed by atoms with E-state index in [0.717, 1.165) is 17.9 Å². The van der Waals surface area contributed by atoms with Gasteiger partial charge in [-0.25, -0.2) is 9.59 Å². The van der Waals surface area contributed by atoms with Crippen LogP contribution in [0.2, 0.25) is 0 Å². The smallest absolute Gasteiger partial charge is 0.337 e. The van der Waals surface area contributed by atoms with Crippen LogP contribution in [-0.2, 0) is 14.9 Å². The fourth-order valence-electron chi connectivity index (χ4n) is 9.64. The van der Waals surface area contributed by atoms with E-state index in [9.17, 15) is 14.4 Å². The molecule has 5 aliphatic heterocycles. The number of piperidine rings is 2. The molecule has 226 valence electrons. The summed E-state index contributed by atoms with van der Waals surface area (Å²) in [4.78, 5) is 39.9. The molecule has 2 bridgehead atoms. The van der Waals surface area contributed by atoms with Gasteiger partial charge in [-0.3, -0.25) is 9.69 Å².